The van der Waals surface area contributed by atoms with Crippen LogP contribution in [-0.4, -0.2) is 37.2 Å². The molecule has 29 heavy (non-hydrogen) atoms. The maximum Gasteiger partial charge on any atom is 0.321 e. The van der Waals surface area contributed by atoms with Crippen LogP contribution in [0, 0.1) is 17.8 Å². The van der Waals surface area contributed by atoms with Crippen LogP contribution in [0.5, 0.6) is 5.75 Å². The van der Waals surface area contributed by atoms with Crippen molar-refractivity contribution in [3.05, 3.63) is 29.8 Å². The minimum atomic E-state index is -0.619. The first-order chi connectivity index (χ1) is 13.9. The van der Waals surface area contributed by atoms with E-state index in [2.05, 4.69) is 10.6 Å². The van der Waals surface area contributed by atoms with Gasteiger partial charge in [-0.2, -0.15) is 0 Å². The fraction of sp³-hybridized carbons (Fsp3) is 0.591. The molecule has 2 N–H and O–H groups in total. The molecule has 4 aliphatic rings. The van der Waals surface area contributed by atoms with E-state index >= 15 is 0 Å². The second kappa shape index (κ2) is 8.05. The molecule has 0 spiro atoms. The number of methoxy groups -OCH3 is 1. The molecule has 5 rings (SSSR count). The molecule has 0 saturated heterocycles. The van der Waals surface area contributed by atoms with Gasteiger partial charge in [0.15, 0.2) is 6.61 Å². The highest BCUT2D eigenvalue weighted by Crippen LogP contribution is 2.55. The maximum absolute atomic E-state index is 12.3. The molecule has 0 aromatic heterocycles. The summed E-state index contributed by atoms with van der Waals surface area (Å²) >= 11 is 0. The van der Waals surface area contributed by atoms with E-state index in [1.807, 2.05) is 0 Å². The standard InChI is InChI=1S/C22H28N2O5/c1-28-18-4-2-3-14(8-18)9-20(26)29-13-19(25)23-21(27)24-22-10-15-5-16(11-22)7-17(6-15)12-22/h2-4,8,15-17H,5-7,9-13H2,1H3,(H2,23,24,25,27). The lowest BCUT2D eigenvalue weighted by molar-refractivity contribution is -0.147. The third-order valence-corrected chi connectivity index (χ3v) is 6.52. The first-order valence-electron chi connectivity index (χ1n) is 10.3. The molecule has 7 nitrogen and oxygen atoms in total. The van der Waals surface area contributed by atoms with E-state index in [-0.39, 0.29) is 12.0 Å². The molecule has 4 fully saturated rings. The number of carbonyl (C=O) groups excluding carboxylic acids is 3. The molecular weight excluding hydrogens is 372 g/mol. The summed E-state index contributed by atoms with van der Waals surface area (Å²) in [5, 5.41) is 5.38. The zero-order valence-corrected chi connectivity index (χ0v) is 16.7. The highest BCUT2D eigenvalue weighted by molar-refractivity contribution is 5.95. The number of urea groups is 1. The minimum absolute atomic E-state index is 0.0317. The first-order valence-corrected chi connectivity index (χ1v) is 10.3. The summed E-state index contributed by atoms with van der Waals surface area (Å²) in [6, 6.07) is 6.59. The van der Waals surface area contributed by atoms with Gasteiger partial charge >= 0.3 is 12.0 Å². The van der Waals surface area contributed by atoms with Gasteiger partial charge in [0, 0.05) is 5.54 Å². The minimum Gasteiger partial charge on any atom is -0.497 e. The molecule has 1 aromatic carbocycles. The second-order valence-electron chi connectivity index (χ2n) is 8.89. The van der Waals surface area contributed by atoms with Crippen molar-refractivity contribution < 1.29 is 23.9 Å². The summed E-state index contributed by atoms with van der Waals surface area (Å²) in [6.45, 7) is -0.475. The largest absolute Gasteiger partial charge is 0.497 e. The van der Waals surface area contributed by atoms with Crippen molar-refractivity contribution in [1.82, 2.24) is 10.6 Å². The van der Waals surface area contributed by atoms with Crippen molar-refractivity contribution in [2.75, 3.05) is 13.7 Å². The van der Waals surface area contributed by atoms with Crippen LogP contribution < -0.4 is 15.4 Å². The summed E-state index contributed by atoms with van der Waals surface area (Å²) in [7, 11) is 1.55. The lowest BCUT2D eigenvalue weighted by Gasteiger charge is -2.56. The summed E-state index contributed by atoms with van der Waals surface area (Å²) in [6.07, 6.45) is 6.91. The molecular formula is C22H28N2O5. The number of benzene rings is 1. The van der Waals surface area contributed by atoms with Gasteiger partial charge in [0.25, 0.3) is 5.91 Å². The number of hydrogen-bond donors (Lipinski definition) is 2. The normalized spacial score (nSPS) is 29.2. The topological polar surface area (TPSA) is 93.7 Å². The van der Waals surface area contributed by atoms with E-state index in [1.54, 1.807) is 31.4 Å². The summed E-state index contributed by atoms with van der Waals surface area (Å²) in [5.74, 6) is 1.61. The number of ether oxygens (including phenoxy) is 2. The molecule has 4 aliphatic carbocycles. The molecule has 4 bridgehead atoms. The lowest BCUT2D eigenvalue weighted by atomic mass is 9.53. The molecule has 4 saturated carbocycles. The molecule has 7 heteroatoms. The SMILES string of the molecule is COc1cccc(CC(=O)OCC(=O)NC(=O)NC23CC4CC(CC(C4)C2)C3)c1. The highest BCUT2D eigenvalue weighted by Gasteiger charge is 2.51. The van der Waals surface area contributed by atoms with E-state index in [9.17, 15) is 14.4 Å². The Balaban J connectivity index is 1.21. The van der Waals surface area contributed by atoms with Crippen molar-refractivity contribution in [2.24, 2.45) is 17.8 Å². The molecule has 0 radical (unpaired) electrons. The van der Waals surface area contributed by atoms with E-state index in [1.165, 1.54) is 19.3 Å². The van der Waals surface area contributed by atoms with Crippen LogP contribution in [0.4, 0.5) is 4.79 Å². The molecule has 0 aliphatic heterocycles. The molecule has 1 aromatic rings. The average molecular weight is 400 g/mol. The summed E-state index contributed by atoms with van der Waals surface area (Å²) in [4.78, 5) is 36.3. The van der Waals surface area contributed by atoms with Crippen LogP contribution in [0.1, 0.15) is 44.1 Å². The maximum atomic E-state index is 12.3. The van der Waals surface area contributed by atoms with Gasteiger partial charge < -0.3 is 14.8 Å². The van der Waals surface area contributed by atoms with Crippen molar-refractivity contribution in [1.29, 1.82) is 0 Å². The van der Waals surface area contributed by atoms with Gasteiger partial charge in [0.1, 0.15) is 5.75 Å². The summed E-state index contributed by atoms with van der Waals surface area (Å²) < 4.78 is 10.1. The number of imide groups is 1. The predicted octanol–water partition coefficient (Wildman–Crippen LogP) is 2.58. The number of nitrogens with one attached hydrogen (secondary N) is 2. The van der Waals surface area contributed by atoms with Gasteiger partial charge in [-0.3, -0.25) is 14.9 Å². The fourth-order valence-corrected chi connectivity index (χ4v) is 5.84. The Hall–Kier alpha value is -2.57. The highest BCUT2D eigenvalue weighted by atomic mass is 16.5. The van der Waals surface area contributed by atoms with Crippen LogP contribution in [0.25, 0.3) is 0 Å². The zero-order valence-electron chi connectivity index (χ0n) is 16.7. The number of esters is 1. The van der Waals surface area contributed by atoms with Crippen molar-refractivity contribution in [3.63, 3.8) is 0 Å². The molecule has 0 heterocycles. The van der Waals surface area contributed by atoms with Gasteiger partial charge in [0.05, 0.1) is 13.5 Å². The molecule has 0 atom stereocenters. The van der Waals surface area contributed by atoms with Crippen molar-refractivity contribution in [3.8, 4) is 5.75 Å². The van der Waals surface area contributed by atoms with Crippen LogP contribution in [0.2, 0.25) is 0 Å². The third kappa shape index (κ3) is 4.71. The van der Waals surface area contributed by atoms with Gasteiger partial charge in [0.2, 0.25) is 0 Å². The van der Waals surface area contributed by atoms with Gasteiger partial charge in [-0.1, -0.05) is 12.1 Å². The number of hydrogen-bond acceptors (Lipinski definition) is 5. The van der Waals surface area contributed by atoms with Gasteiger partial charge in [-0.05, 0) is 74.0 Å². The Labute approximate surface area is 170 Å². The van der Waals surface area contributed by atoms with Crippen LogP contribution in [0.15, 0.2) is 24.3 Å². The quantitative estimate of drug-likeness (QED) is 0.716. The predicted molar refractivity (Wildman–Crippen MR) is 105 cm³/mol. The second-order valence-corrected chi connectivity index (χ2v) is 8.89. The van der Waals surface area contributed by atoms with Crippen LogP contribution in [-0.2, 0) is 20.7 Å². The lowest BCUT2D eigenvalue weighted by Crippen LogP contribution is -2.62. The van der Waals surface area contributed by atoms with Gasteiger partial charge in [-0.25, -0.2) is 4.79 Å². The Bertz CT molecular complexity index is 771. The van der Waals surface area contributed by atoms with Gasteiger partial charge in [-0.15, -0.1) is 0 Å². The monoisotopic (exact) mass is 400 g/mol. The number of carbonyl (C=O) groups is 3. The first kappa shape index (κ1) is 19.7. The van der Waals surface area contributed by atoms with E-state index in [0.29, 0.717) is 23.5 Å². The number of amides is 3. The Morgan fingerprint density at radius 1 is 1.07 bits per heavy atom. The zero-order chi connectivity index (χ0) is 20.4. The van der Waals surface area contributed by atoms with Crippen LogP contribution in [0.3, 0.4) is 0 Å². The number of rotatable bonds is 6. The van der Waals surface area contributed by atoms with E-state index in [0.717, 1.165) is 24.8 Å². The van der Waals surface area contributed by atoms with Crippen molar-refractivity contribution >= 4 is 17.9 Å². The van der Waals surface area contributed by atoms with Crippen molar-refractivity contribution in [2.45, 2.75) is 50.5 Å². The summed E-state index contributed by atoms with van der Waals surface area (Å²) in [5.41, 5.74) is 0.566. The molecule has 0 unspecified atom stereocenters. The molecule has 156 valence electrons. The third-order valence-electron chi connectivity index (χ3n) is 6.52. The Kier molecular flexibility index (Phi) is 5.48. The Morgan fingerprint density at radius 3 is 2.34 bits per heavy atom. The smallest absolute Gasteiger partial charge is 0.321 e. The van der Waals surface area contributed by atoms with E-state index in [4.69, 9.17) is 9.47 Å². The van der Waals surface area contributed by atoms with Crippen LogP contribution >= 0.6 is 0 Å². The fourth-order valence-electron chi connectivity index (χ4n) is 5.84. The average Bonchev–Trinajstić information content (AvgIpc) is 2.65. The Morgan fingerprint density at radius 2 is 1.72 bits per heavy atom. The molecule has 3 amide bonds. The van der Waals surface area contributed by atoms with E-state index < -0.39 is 24.5 Å².